The lowest BCUT2D eigenvalue weighted by molar-refractivity contribution is 0.295. The summed E-state index contributed by atoms with van der Waals surface area (Å²) in [6, 6.07) is 0.762. The number of hydrogen-bond acceptors (Lipinski definition) is 1. The van der Waals surface area contributed by atoms with E-state index < -0.39 is 0 Å². The SMILES string of the molecule is CC(C)(C)C1CCCN1. The Bertz CT molecular complexity index is 85.2. The fourth-order valence-electron chi connectivity index (χ4n) is 1.42. The van der Waals surface area contributed by atoms with E-state index in [1.54, 1.807) is 0 Å². The Morgan fingerprint density at radius 2 is 2.00 bits per heavy atom. The third-order valence-electron chi connectivity index (χ3n) is 2.11. The molecule has 1 fully saturated rings. The van der Waals surface area contributed by atoms with E-state index in [1.165, 1.54) is 19.4 Å². The molecule has 0 aliphatic carbocycles. The van der Waals surface area contributed by atoms with Crippen molar-refractivity contribution in [1.29, 1.82) is 0 Å². The Morgan fingerprint density at radius 3 is 2.22 bits per heavy atom. The predicted octanol–water partition coefficient (Wildman–Crippen LogP) is 1.78. The quantitative estimate of drug-likeness (QED) is 0.523. The molecule has 0 aromatic carbocycles. The third-order valence-corrected chi connectivity index (χ3v) is 2.11. The van der Waals surface area contributed by atoms with Gasteiger partial charge in [0, 0.05) is 6.04 Å². The van der Waals surface area contributed by atoms with E-state index in [9.17, 15) is 0 Å². The average molecular weight is 127 g/mol. The molecule has 0 amide bonds. The fourth-order valence-corrected chi connectivity index (χ4v) is 1.42. The lowest BCUT2D eigenvalue weighted by Gasteiger charge is -2.26. The van der Waals surface area contributed by atoms with Crippen molar-refractivity contribution in [3.8, 4) is 0 Å². The van der Waals surface area contributed by atoms with Gasteiger partial charge in [-0.1, -0.05) is 20.8 Å². The van der Waals surface area contributed by atoms with E-state index in [1.807, 2.05) is 0 Å². The largest absolute Gasteiger partial charge is 0.313 e. The average Bonchev–Trinajstić information content (AvgIpc) is 2.08. The molecule has 1 N–H and O–H groups in total. The highest BCUT2D eigenvalue weighted by molar-refractivity contribution is 4.84. The first kappa shape index (κ1) is 7.07. The molecule has 0 aromatic heterocycles. The summed E-state index contributed by atoms with van der Waals surface area (Å²) in [6.45, 7) is 8.13. The van der Waals surface area contributed by atoms with Gasteiger partial charge in [-0.15, -0.1) is 0 Å². The summed E-state index contributed by atoms with van der Waals surface area (Å²) in [5, 5.41) is 3.50. The van der Waals surface area contributed by atoms with E-state index in [2.05, 4.69) is 26.1 Å². The molecule has 0 radical (unpaired) electrons. The highest BCUT2D eigenvalue weighted by atomic mass is 14.9. The second-order valence-corrected chi connectivity index (χ2v) is 4.01. The van der Waals surface area contributed by atoms with Gasteiger partial charge in [-0.25, -0.2) is 0 Å². The van der Waals surface area contributed by atoms with E-state index in [4.69, 9.17) is 0 Å². The van der Waals surface area contributed by atoms with Gasteiger partial charge >= 0.3 is 0 Å². The van der Waals surface area contributed by atoms with Crippen LogP contribution in [0.3, 0.4) is 0 Å². The molecule has 0 bridgehead atoms. The van der Waals surface area contributed by atoms with Gasteiger partial charge in [-0.3, -0.25) is 0 Å². The lowest BCUT2D eigenvalue weighted by Crippen LogP contribution is -2.34. The zero-order chi connectivity index (χ0) is 6.91. The normalized spacial score (nSPS) is 29.0. The van der Waals surface area contributed by atoms with Crippen LogP contribution in [0.2, 0.25) is 0 Å². The molecule has 0 aromatic rings. The minimum atomic E-state index is 0.469. The first-order valence-electron chi connectivity index (χ1n) is 3.84. The van der Waals surface area contributed by atoms with Gasteiger partial charge in [0.2, 0.25) is 0 Å². The van der Waals surface area contributed by atoms with Gasteiger partial charge in [-0.05, 0) is 24.8 Å². The maximum absolute atomic E-state index is 3.50. The monoisotopic (exact) mass is 127 g/mol. The first-order chi connectivity index (χ1) is 4.11. The standard InChI is InChI=1S/C8H17N/c1-8(2,3)7-5-4-6-9-7/h7,9H,4-6H2,1-3H3. The van der Waals surface area contributed by atoms with Crippen molar-refractivity contribution in [2.45, 2.75) is 39.7 Å². The molecule has 1 rings (SSSR count). The molecule has 1 saturated heterocycles. The van der Waals surface area contributed by atoms with Crippen LogP contribution in [-0.4, -0.2) is 12.6 Å². The molecule has 9 heavy (non-hydrogen) atoms. The Labute approximate surface area is 57.8 Å². The highest BCUT2D eigenvalue weighted by Gasteiger charge is 2.26. The van der Waals surface area contributed by atoms with Crippen molar-refractivity contribution in [3.63, 3.8) is 0 Å². The molecule has 1 heterocycles. The Balaban J connectivity index is 2.42. The van der Waals surface area contributed by atoms with Crippen molar-refractivity contribution in [1.82, 2.24) is 5.32 Å². The second-order valence-electron chi connectivity index (χ2n) is 4.01. The highest BCUT2D eigenvalue weighted by Crippen LogP contribution is 2.25. The van der Waals surface area contributed by atoms with Crippen LogP contribution in [0.15, 0.2) is 0 Å². The fraction of sp³-hybridized carbons (Fsp3) is 1.00. The molecule has 1 heteroatoms. The molecule has 54 valence electrons. The predicted molar refractivity (Wildman–Crippen MR) is 40.5 cm³/mol. The van der Waals surface area contributed by atoms with Gasteiger partial charge in [-0.2, -0.15) is 0 Å². The zero-order valence-electron chi connectivity index (χ0n) is 6.70. The number of hydrogen-bond donors (Lipinski definition) is 1. The van der Waals surface area contributed by atoms with Crippen molar-refractivity contribution < 1.29 is 0 Å². The molecule has 1 aliphatic rings. The molecule has 0 saturated carbocycles. The molecular weight excluding hydrogens is 110 g/mol. The third kappa shape index (κ3) is 1.68. The maximum atomic E-state index is 3.50. The van der Waals surface area contributed by atoms with Crippen molar-refractivity contribution in [3.05, 3.63) is 0 Å². The maximum Gasteiger partial charge on any atom is 0.0116 e. The van der Waals surface area contributed by atoms with Gasteiger partial charge in [0.1, 0.15) is 0 Å². The summed E-state index contributed by atoms with van der Waals surface area (Å²) in [4.78, 5) is 0. The Kier molecular flexibility index (Phi) is 1.80. The second kappa shape index (κ2) is 2.30. The van der Waals surface area contributed by atoms with Crippen LogP contribution < -0.4 is 5.32 Å². The van der Waals surface area contributed by atoms with Crippen LogP contribution in [0.5, 0.6) is 0 Å². The molecule has 1 aliphatic heterocycles. The van der Waals surface area contributed by atoms with E-state index in [0.29, 0.717) is 5.41 Å². The van der Waals surface area contributed by atoms with Crippen molar-refractivity contribution >= 4 is 0 Å². The summed E-state index contributed by atoms with van der Waals surface area (Å²) in [5.74, 6) is 0. The Morgan fingerprint density at radius 1 is 1.33 bits per heavy atom. The van der Waals surface area contributed by atoms with Crippen molar-refractivity contribution in [2.24, 2.45) is 5.41 Å². The number of nitrogens with one attached hydrogen (secondary N) is 1. The lowest BCUT2D eigenvalue weighted by atomic mass is 9.86. The first-order valence-corrected chi connectivity index (χ1v) is 3.84. The van der Waals surface area contributed by atoms with E-state index in [-0.39, 0.29) is 0 Å². The van der Waals surface area contributed by atoms with Gasteiger partial charge in [0.25, 0.3) is 0 Å². The summed E-state index contributed by atoms with van der Waals surface area (Å²) in [6.07, 6.45) is 2.73. The summed E-state index contributed by atoms with van der Waals surface area (Å²) >= 11 is 0. The van der Waals surface area contributed by atoms with Crippen LogP contribution in [-0.2, 0) is 0 Å². The van der Waals surface area contributed by atoms with Crippen molar-refractivity contribution in [2.75, 3.05) is 6.54 Å². The number of rotatable bonds is 0. The topological polar surface area (TPSA) is 12.0 Å². The Hall–Kier alpha value is -0.0400. The van der Waals surface area contributed by atoms with E-state index in [0.717, 1.165) is 6.04 Å². The minimum Gasteiger partial charge on any atom is -0.313 e. The van der Waals surface area contributed by atoms with Crippen LogP contribution in [0.1, 0.15) is 33.6 Å². The summed E-state index contributed by atoms with van der Waals surface area (Å²) in [5.41, 5.74) is 0.469. The molecule has 1 atom stereocenters. The van der Waals surface area contributed by atoms with Crippen LogP contribution in [0, 0.1) is 5.41 Å². The zero-order valence-corrected chi connectivity index (χ0v) is 6.70. The van der Waals surface area contributed by atoms with Gasteiger partial charge < -0.3 is 5.32 Å². The van der Waals surface area contributed by atoms with Gasteiger partial charge in [0.15, 0.2) is 0 Å². The van der Waals surface area contributed by atoms with Crippen LogP contribution in [0.25, 0.3) is 0 Å². The van der Waals surface area contributed by atoms with E-state index >= 15 is 0 Å². The molecule has 1 unspecified atom stereocenters. The van der Waals surface area contributed by atoms with Crippen LogP contribution >= 0.6 is 0 Å². The molecule has 1 nitrogen and oxygen atoms in total. The smallest absolute Gasteiger partial charge is 0.0116 e. The van der Waals surface area contributed by atoms with Gasteiger partial charge in [0.05, 0.1) is 0 Å². The van der Waals surface area contributed by atoms with Crippen LogP contribution in [0.4, 0.5) is 0 Å². The molecular formula is C8H17N. The summed E-state index contributed by atoms with van der Waals surface area (Å²) in [7, 11) is 0. The summed E-state index contributed by atoms with van der Waals surface area (Å²) < 4.78 is 0. The molecule has 0 spiro atoms. The minimum absolute atomic E-state index is 0.469.